The quantitative estimate of drug-likeness (QED) is 0.824. The topological polar surface area (TPSA) is 101 Å². The SMILES string of the molecule is O=C(CCc1ccco1)Nc1cccc(S(=O)(=O)NC2=NCCC2)c1. The molecule has 0 aliphatic carbocycles. The maximum absolute atomic E-state index is 12.4. The van der Waals surface area contributed by atoms with Crippen LogP contribution in [0.3, 0.4) is 0 Å². The monoisotopic (exact) mass is 361 g/mol. The van der Waals surface area contributed by atoms with Crippen molar-refractivity contribution >= 4 is 27.5 Å². The molecule has 0 saturated heterocycles. The molecule has 25 heavy (non-hydrogen) atoms. The Morgan fingerprint density at radius 2 is 2.12 bits per heavy atom. The van der Waals surface area contributed by atoms with Crippen LogP contribution in [0.4, 0.5) is 5.69 Å². The molecule has 7 nitrogen and oxygen atoms in total. The minimum atomic E-state index is -3.70. The van der Waals surface area contributed by atoms with Crippen LogP contribution in [0.2, 0.25) is 0 Å². The van der Waals surface area contributed by atoms with Gasteiger partial charge in [-0.25, -0.2) is 8.42 Å². The number of amidine groups is 1. The standard InChI is InChI=1S/C17H19N3O4S/c21-17(9-8-14-5-3-11-24-14)19-13-4-1-6-15(12-13)25(22,23)20-16-7-2-10-18-16/h1,3-6,11-12H,2,7-10H2,(H,18,20)(H,19,21). The lowest BCUT2D eigenvalue weighted by Gasteiger charge is -2.10. The first-order valence-corrected chi connectivity index (χ1v) is 9.50. The van der Waals surface area contributed by atoms with E-state index in [-0.39, 0.29) is 17.2 Å². The van der Waals surface area contributed by atoms with Gasteiger partial charge < -0.3 is 9.73 Å². The third-order valence-corrected chi connectivity index (χ3v) is 5.11. The van der Waals surface area contributed by atoms with E-state index in [2.05, 4.69) is 15.0 Å². The number of anilines is 1. The Hall–Kier alpha value is -2.61. The largest absolute Gasteiger partial charge is 0.469 e. The van der Waals surface area contributed by atoms with Gasteiger partial charge in [-0.1, -0.05) is 6.07 Å². The summed E-state index contributed by atoms with van der Waals surface area (Å²) in [6.45, 7) is 0.642. The van der Waals surface area contributed by atoms with Crippen LogP contribution in [-0.2, 0) is 21.2 Å². The van der Waals surface area contributed by atoms with Crippen LogP contribution in [0.25, 0.3) is 0 Å². The van der Waals surface area contributed by atoms with E-state index in [4.69, 9.17) is 4.42 Å². The second-order valence-electron chi connectivity index (χ2n) is 5.69. The summed E-state index contributed by atoms with van der Waals surface area (Å²) >= 11 is 0. The highest BCUT2D eigenvalue weighted by Gasteiger charge is 2.18. The summed E-state index contributed by atoms with van der Waals surface area (Å²) in [4.78, 5) is 16.2. The van der Waals surface area contributed by atoms with Gasteiger partial charge in [0.15, 0.2) is 0 Å². The van der Waals surface area contributed by atoms with E-state index in [1.165, 1.54) is 12.1 Å². The molecule has 8 heteroatoms. The first kappa shape index (κ1) is 17.2. The molecule has 0 atom stereocenters. The van der Waals surface area contributed by atoms with Gasteiger partial charge in [0.25, 0.3) is 10.0 Å². The molecule has 1 amide bonds. The molecule has 0 spiro atoms. The van der Waals surface area contributed by atoms with Gasteiger partial charge in [0.05, 0.1) is 11.2 Å². The zero-order valence-electron chi connectivity index (χ0n) is 13.6. The molecule has 0 radical (unpaired) electrons. The van der Waals surface area contributed by atoms with Gasteiger partial charge in [-0.3, -0.25) is 14.5 Å². The van der Waals surface area contributed by atoms with E-state index >= 15 is 0 Å². The number of aliphatic imine (C=N–C) groups is 1. The van der Waals surface area contributed by atoms with Crippen LogP contribution < -0.4 is 10.0 Å². The Morgan fingerprint density at radius 3 is 2.84 bits per heavy atom. The fourth-order valence-corrected chi connectivity index (χ4v) is 3.63. The molecule has 1 aromatic heterocycles. The smallest absolute Gasteiger partial charge is 0.262 e. The van der Waals surface area contributed by atoms with E-state index < -0.39 is 10.0 Å². The van der Waals surface area contributed by atoms with Gasteiger partial charge in [-0.05, 0) is 36.8 Å². The average Bonchev–Trinajstić information content (AvgIpc) is 3.26. The second kappa shape index (κ2) is 7.52. The molecule has 0 fully saturated rings. The number of furan rings is 1. The van der Waals surface area contributed by atoms with E-state index in [1.54, 1.807) is 30.5 Å². The van der Waals surface area contributed by atoms with E-state index in [0.717, 1.165) is 12.2 Å². The molecule has 2 N–H and O–H groups in total. The summed E-state index contributed by atoms with van der Waals surface area (Å²) in [6.07, 6.45) is 3.77. The average molecular weight is 361 g/mol. The van der Waals surface area contributed by atoms with Crippen molar-refractivity contribution in [2.24, 2.45) is 4.99 Å². The van der Waals surface area contributed by atoms with E-state index in [1.807, 2.05) is 0 Å². The van der Waals surface area contributed by atoms with Gasteiger partial charge in [0.2, 0.25) is 5.91 Å². The van der Waals surface area contributed by atoms with Crippen LogP contribution in [0.5, 0.6) is 0 Å². The number of nitrogens with one attached hydrogen (secondary N) is 2. The number of amides is 1. The van der Waals surface area contributed by atoms with Gasteiger partial charge in [-0.2, -0.15) is 0 Å². The van der Waals surface area contributed by atoms with Gasteiger partial charge in [-0.15, -0.1) is 0 Å². The van der Waals surface area contributed by atoms with Crippen molar-refractivity contribution in [1.82, 2.24) is 4.72 Å². The van der Waals surface area contributed by atoms with Gasteiger partial charge in [0.1, 0.15) is 11.6 Å². The molecule has 132 valence electrons. The van der Waals surface area contributed by atoms with Gasteiger partial charge in [0, 0.05) is 31.5 Å². The molecule has 3 rings (SSSR count). The van der Waals surface area contributed by atoms with Crippen molar-refractivity contribution < 1.29 is 17.6 Å². The molecule has 1 aliphatic rings. The lowest BCUT2D eigenvalue weighted by molar-refractivity contribution is -0.116. The molecule has 0 bridgehead atoms. The molecule has 0 unspecified atom stereocenters. The van der Waals surface area contributed by atoms with Gasteiger partial charge >= 0.3 is 0 Å². The molecule has 0 saturated carbocycles. The molecule has 2 heterocycles. The number of hydrogen-bond donors (Lipinski definition) is 2. The zero-order valence-corrected chi connectivity index (χ0v) is 14.4. The number of sulfonamides is 1. The van der Waals surface area contributed by atoms with Crippen molar-refractivity contribution in [1.29, 1.82) is 0 Å². The Balaban J connectivity index is 1.63. The van der Waals surface area contributed by atoms with Crippen molar-refractivity contribution in [3.63, 3.8) is 0 Å². The second-order valence-corrected chi connectivity index (χ2v) is 7.38. The number of carbonyl (C=O) groups is 1. The van der Waals surface area contributed by atoms with Crippen LogP contribution in [-0.4, -0.2) is 26.7 Å². The highest BCUT2D eigenvalue weighted by Crippen LogP contribution is 2.17. The number of nitrogens with zero attached hydrogens (tertiary/aromatic N) is 1. The minimum absolute atomic E-state index is 0.0888. The van der Waals surface area contributed by atoms with Crippen molar-refractivity contribution in [3.05, 3.63) is 48.4 Å². The van der Waals surface area contributed by atoms with E-state index in [9.17, 15) is 13.2 Å². The van der Waals surface area contributed by atoms with Crippen LogP contribution >= 0.6 is 0 Å². The Kier molecular flexibility index (Phi) is 5.18. The number of hydrogen-bond acceptors (Lipinski definition) is 5. The minimum Gasteiger partial charge on any atom is -0.469 e. The summed E-state index contributed by atoms with van der Waals surface area (Å²) in [6, 6.07) is 9.73. The van der Waals surface area contributed by atoms with Crippen molar-refractivity contribution in [3.8, 4) is 0 Å². The van der Waals surface area contributed by atoms with Crippen molar-refractivity contribution in [2.75, 3.05) is 11.9 Å². The maximum Gasteiger partial charge on any atom is 0.262 e. The summed E-state index contributed by atoms with van der Waals surface area (Å²) in [5.41, 5.74) is 0.431. The highest BCUT2D eigenvalue weighted by molar-refractivity contribution is 7.90. The first-order valence-electron chi connectivity index (χ1n) is 8.01. The molecule has 2 aromatic rings. The highest BCUT2D eigenvalue weighted by atomic mass is 32.2. The fraction of sp³-hybridized carbons (Fsp3) is 0.294. The zero-order chi connectivity index (χ0) is 17.7. The predicted molar refractivity (Wildman–Crippen MR) is 94.0 cm³/mol. The molecular weight excluding hydrogens is 342 g/mol. The van der Waals surface area contributed by atoms with Crippen LogP contribution in [0.15, 0.2) is 57.0 Å². The summed E-state index contributed by atoms with van der Waals surface area (Å²) in [5, 5.41) is 2.71. The molecule has 1 aromatic carbocycles. The number of rotatable bonds is 6. The number of carbonyl (C=O) groups excluding carboxylic acids is 1. The lowest BCUT2D eigenvalue weighted by Crippen LogP contribution is -2.29. The third kappa shape index (κ3) is 4.69. The molecule has 1 aliphatic heterocycles. The third-order valence-electron chi connectivity index (χ3n) is 3.73. The number of aryl methyl sites for hydroxylation is 1. The Bertz CT molecular complexity index is 873. The first-order chi connectivity index (χ1) is 12.0. The number of benzene rings is 1. The van der Waals surface area contributed by atoms with Crippen LogP contribution in [0, 0.1) is 0 Å². The maximum atomic E-state index is 12.4. The summed E-state index contributed by atoms with van der Waals surface area (Å²) < 4.78 is 32.5. The summed E-state index contributed by atoms with van der Waals surface area (Å²) in [7, 11) is -3.70. The Labute approximate surface area is 146 Å². The summed E-state index contributed by atoms with van der Waals surface area (Å²) in [5.74, 6) is 1.000. The Morgan fingerprint density at radius 1 is 1.24 bits per heavy atom. The predicted octanol–water partition coefficient (Wildman–Crippen LogP) is 2.32. The van der Waals surface area contributed by atoms with E-state index in [0.29, 0.717) is 30.9 Å². The normalized spacial score (nSPS) is 14.2. The lowest BCUT2D eigenvalue weighted by atomic mass is 10.2. The molecular formula is C17H19N3O4S. The van der Waals surface area contributed by atoms with Crippen LogP contribution in [0.1, 0.15) is 25.0 Å². The fourth-order valence-electron chi connectivity index (χ4n) is 2.49. The van der Waals surface area contributed by atoms with Crippen molar-refractivity contribution in [2.45, 2.75) is 30.6 Å².